The zero-order chi connectivity index (χ0) is 17.1. The van der Waals surface area contributed by atoms with Gasteiger partial charge >= 0.3 is 5.97 Å². The molecule has 1 N–H and O–H groups in total. The van der Waals surface area contributed by atoms with Crippen molar-refractivity contribution in [1.82, 2.24) is 15.0 Å². The summed E-state index contributed by atoms with van der Waals surface area (Å²) in [5, 5.41) is 17.3. The Labute approximate surface area is 139 Å². The summed E-state index contributed by atoms with van der Waals surface area (Å²) >= 11 is 0. The Morgan fingerprint density at radius 2 is 1.83 bits per heavy atom. The smallest absolute Gasteiger partial charge is 0.358 e. The quantitative estimate of drug-likeness (QED) is 0.795. The van der Waals surface area contributed by atoms with Gasteiger partial charge in [0, 0.05) is 0 Å². The minimum Gasteiger partial charge on any atom is -0.476 e. The Bertz CT molecular complexity index is 912. The van der Waals surface area contributed by atoms with Crippen molar-refractivity contribution in [3.63, 3.8) is 0 Å². The second-order valence-corrected chi connectivity index (χ2v) is 5.57. The number of nitrogens with zero attached hydrogens (tertiary/aromatic N) is 3. The van der Waals surface area contributed by atoms with E-state index in [4.69, 9.17) is 0 Å². The van der Waals surface area contributed by atoms with E-state index < -0.39 is 5.97 Å². The van der Waals surface area contributed by atoms with Crippen LogP contribution in [-0.4, -0.2) is 26.1 Å². The number of carboxylic acids is 1. The summed E-state index contributed by atoms with van der Waals surface area (Å²) in [4.78, 5) is 11.5. The van der Waals surface area contributed by atoms with Crippen LogP contribution in [0.5, 0.6) is 0 Å². The molecule has 0 radical (unpaired) electrons. The largest absolute Gasteiger partial charge is 0.476 e. The Morgan fingerprint density at radius 1 is 1.08 bits per heavy atom. The molecule has 120 valence electrons. The summed E-state index contributed by atoms with van der Waals surface area (Å²) in [6, 6.07) is 15.6. The van der Waals surface area contributed by atoms with Gasteiger partial charge in [-0.15, -0.1) is 5.10 Å². The molecule has 0 saturated heterocycles. The molecule has 0 spiro atoms. The van der Waals surface area contributed by atoms with Crippen LogP contribution >= 0.6 is 0 Å². The van der Waals surface area contributed by atoms with E-state index in [1.807, 2.05) is 68.5 Å². The first kappa shape index (κ1) is 15.7. The van der Waals surface area contributed by atoms with Crippen LogP contribution < -0.4 is 0 Å². The third-order valence-electron chi connectivity index (χ3n) is 3.73. The van der Waals surface area contributed by atoms with Gasteiger partial charge < -0.3 is 5.11 Å². The van der Waals surface area contributed by atoms with Crippen molar-refractivity contribution >= 4 is 18.1 Å². The highest BCUT2D eigenvalue weighted by atomic mass is 16.4. The van der Waals surface area contributed by atoms with Gasteiger partial charge in [-0.25, -0.2) is 9.48 Å². The molecular formula is C19H17N3O2. The van der Waals surface area contributed by atoms with E-state index >= 15 is 0 Å². The number of rotatable bonds is 4. The first-order valence-electron chi connectivity index (χ1n) is 7.56. The van der Waals surface area contributed by atoms with Gasteiger partial charge in [-0.3, -0.25) is 0 Å². The molecule has 0 bridgehead atoms. The van der Waals surface area contributed by atoms with Crippen molar-refractivity contribution < 1.29 is 9.90 Å². The zero-order valence-electron chi connectivity index (χ0n) is 13.5. The van der Waals surface area contributed by atoms with E-state index in [-0.39, 0.29) is 5.69 Å². The minimum atomic E-state index is -1.10. The van der Waals surface area contributed by atoms with Crippen molar-refractivity contribution in [2.45, 2.75) is 13.8 Å². The number of carbonyl (C=O) groups is 1. The van der Waals surface area contributed by atoms with E-state index in [0.717, 1.165) is 22.4 Å². The summed E-state index contributed by atoms with van der Waals surface area (Å²) in [7, 11) is 0. The van der Waals surface area contributed by atoms with E-state index in [0.29, 0.717) is 5.69 Å². The normalized spacial score (nSPS) is 11.1. The summed E-state index contributed by atoms with van der Waals surface area (Å²) in [5.41, 5.74) is 4.24. The molecule has 3 rings (SSSR count). The highest BCUT2D eigenvalue weighted by molar-refractivity contribution is 5.90. The summed E-state index contributed by atoms with van der Waals surface area (Å²) in [6.07, 6.45) is 3.59. The molecule has 5 heteroatoms. The van der Waals surface area contributed by atoms with E-state index in [9.17, 15) is 9.90 Å². The molecule has 2 aromatic carbocycles. The lowest BCUT2D eigenvalue weighted by Crippen LogP contribution is -2.04. The highest BCUT2D eigenvalue weighted by Gasteiger charge is 2.18. The number of aromatic nitrogens is 3. The monoisotopic (exact) mass is 319 g/mol. The lowest BCUT2D eigenvalue weighted by atomic mass is 10.1. The van der Waals surface area contributed by atoms with Crippen LogP contribution in [0.2, 0.25) is 0 Å². The fraction of sp³-hybridized carbons (Fsp3) is 0.105. The predicted molar refractivity (Wildman–Crippen MR) is 93.2 cm³/mol. The molecule has 0 amide bonds. The minimum absolute atomic E-state index is 0.0666. The molecule has 3 aromatic rings. The fourth-order valence-corrected chi connectivity index (χ4v) is 2.46. The van der Waals surface area contributed by atoms with E-state index in [1.54, 1.807) is 10.8 Å². The van der Waals surface area contributed by atoms with Crippen LogP contribution in [0.4, 0.5) is 0 Å². The van der Waals surface area contributed by atoms with Gasteiger partial charge in [0.05, 0.1) is 5.69 Å². The third kappa shape index (κ3) is 3.10. The maximum Gasteiger partial charge on any atom is 0.358 e. The molecule has 0 saturated carbocycles. The predicted octanol–water partition coefficient (Wildman–Crippen LogP) is 3.75. The maximum atomic E-state index is 11.5. The van der Waals surface area contributed by atoms with Crippen molar-refractivity contribution in [3.8, 4) is 5.69 Å². The maximum absolute atomic E-state index is 11.5. The number of hydrogen-bond acceptors (Lipinski definition) is 3. The van der Waals surface area contributed by atoms with Crippen LogP contribution in [0.15, 0.2) is 48.5 Å². The Balaban J connectivity index is 2.13. The van der Waals surface area contributed by atoms with Crippen molar-refractivity contribution in [2.75, 3.05) is 0 Å². The molecule has 0 aliphatic rings. The molecule has 0 unspecified atom stereocenters. The summed E-state index contributed by atoms with van der Waals surface area (Å²) in [5.74, 6) is -1.10. The molecule has 1 aromatic heterocycles. The number of aromatic carboxylic acids is 1. The Hall–Kier alpha value is -3.21. The summed E-state index contributed by atoms with van der Waals surface area (Å²) in [6.45, 7) is 3.94. The Kier molecular flexibility index (Phi) is 4.24. The van der Waals surface area contributed by atoms with Gasteiger partial charge in [0.2, 0.25) is 0 Å². The van der Waals surface area contributed by atoms with Crippen molar-refractivity contribution in [2.24, 2.45) is 0 Å². The topological polar surface area (TPSA) is 68.0 Å². The average Bonchev–Trinajstić information content (AvgIpc) is 3.00. The molecule has 24 heavy (non-hydrogen) atoms. The second-order valence-electron chi connectivity index (χ2n) is 5.57. The van der Waals surface area contributed by atoms with E-state index in [2.05, 4.69) is 10.3 Å². The van der Waals surface area contributed by atoms with Gasteiger partial charge in [-0.05, 0) is 42.7 Å². The molecule has 0 fully saturated rings. The molecule has 5 nitrogen and oxygen atoms in total. The van der Waals surface area contributed by atoms with Gasteiger partial charge in [0.1, 0.15) is 5.69 Å². The van der Waals surface area contributed by atoms with Gasteiger partial charge in [0.25, 0.3) is 0 Å². The fourth-order valence-electron chi connectivity index (χ4n) is 2.46. The van der Waals surface area contributed by atoms with Crippen LogP contribution in [0.1, 0.15) is 32.9 Å². The lowest BCUT2D eigenvalue weighted by molar-refractivity contribution is 0.0690. The van der Waals surface area contributed by atoms with Crippen LogP contribution in [0.3, 0.4) is 0 Å². The molecule has 0 atom stereocenters. The number of aryl methyl sites for hydroxylation is 2. The standard InChI is InChI=1S/C19H17N3O2/c1-13-8-9-14(2)17(12-13)22-16(18(19(23)24)20-21-22)11-10-15-6-4-3-5-7-15/h3-12H,1-2H3,(H,23,24)/b11-10+. The first-order valence-corrected chi connectivity index (χ1v) is 7.56. The van der Waals surface area contributed by atoms with Crippen molar-refractivity contribution in [3.05, 3.63) is 76.6 Å². The van der Waals surface area contributed by atoms with Crippen LogP contribution in [-0.2, 0) is 0 Å². The molecule has 0 aliphatic carbocycles. The van der Waals surface area contributed by atoms with Crippen molar-refractivity contribution in [1.29, 1.82) is 0 Å². The highest BCUT2D eigenvalue weighted by Crippen LogP contribution is 2.20. The number of carboxylic acid groups (broad SMARTS) is 1. The first-order chi connectivity index (χ1) is 11.6. The Morgan fingerprint density at radius 3 is 2.54 bits per heavy atom. The van der Waals surface area contributed by atoms with Gasteiger partial charge in [-0.1, -0.05) is 53.8 Å². The lowest BCUT2D eigenvalue weighted by Gasteiger charge is -2.08. The molecule has 0 aliphatic heterocycles. The second kappa shape index (κ2) is 6.50. The third-order valence-corrected chi connectivity index (χ3v) is 3.73. The van der Waals surface area contributed by atoms with Gasteiger partial charge in [-0.2, -0.15) is 0 Å². The SMILES string of the molecule is Cc1ccc(C)c(-n2nnc(C(=O)O)c2/C=C/c2ccccc2)c1. The van der Waals surface area contributed by atoms with Crippen LogP contribution in [0, 0.1) is 13.8 Å². The molecule has 1 heterocycles. The number of benzene rings is 2. The molecular weight excluding hydrogens is 302 g/mol. The number of hydrogen-bond donors (Lipinski definition) is 1. The summed E-state index contributed by atoms with van der Waals surface area (Å²) < 4.78 is 1.57. The van der Waals surface area contributed by atoms with Crippen LogP contribution in [0.25, 0.3) is 17.8 Å². The van der Waals surface area contributed by atoms with E-state index in [1.165, 1.54) is 0 Å². The average molecular weight is 319 g/mol. The van der Waals surface area contributed by atoms with Gasteiger partial charge in [0.15, 0.2) is 5.69 Å². The zero-order valence-corrected chi connectivity index (χ0v) is 13.5.